The number of aliphatic hydroxyl groups is 2. The lowest BCUT2D eigenvalue weighted by molar-refractivity contribution is -0.174. The first-order chi connectivity index (χ1) is 40.4. The van der Waals surface area contributed by atoms with E-state index in [1.54, 1.807) is 13.8 Å². The first kappa shape index (κ1) is 52.8. The van der Waals surface area contributed by atoms with Gasteiger partial charge in [-0.05, 0) is 13.8 Å². The van der Waals surface area contributed by atoms with Gasteiger partial charge in [-0.15, -0.1) is 0 Å². The van der Waals surface area contributed by atoms with Crippen molar-refractivity contribution in [2.75, 3.05) is 0 Å². The Hall–Kier alpha value is -9.56. The first-order valence-corrected chi connectivity index (χ1v) is 27.9. The fourth-order valence-electron chi connectivity index (χ4n) is 12.3. The first-order valence-electron chi connectivity index (χ1n) is 27.9. The Morgan fingerprint density at radius 2 is 0.470 bits per heavy atom. The van der Waals surface area contributed by atoms with Gasteiger partial charge in [-0.1, -0.05) is 243 Å². The summed E-state index contributed by atoms with van der Waals surface area (Å²) in [5, 5.41) is 30.7. The van der Waals surface area contributed by atoms with E-state index in [0.717, 1.165) is 67.3 Å². The van der Waals surface area contributed by atoms with Crippen LogP contribution in [0.25, 0.3) is 90.1 Å². The van der Waals surface area contributed by atoms with Crippen LogP contribution in [-0.2, 0) is 48.9 Å². The van der Waals surface area contributed by atoms with Crippen LogP contribution in [0.1, 0.15) is 37.1 Å². The molecule has 0 radical (unpaired) electrons. The lowest BCUT2D eigenvalue weighted by Gasteiger charge is -2.40. The van der Waals surface area contributed by atoms with E-state index in [4.69, 9.17) is 29.4 Å². The van der Waals surface area contributed by atoms with Crippen LogP contribution in [0.3, 0.4) is 0 Å². The van der Waals surface area contributed by atoms with E-state index < -0.39 is 29.2 Å². The van der Waals surface area contributed by atoms with Crippen LogP contribution in [0.5, 0.6) is 0 Å². The summed E-state index contributed by atoms with van der Waals surface area (Å²) in [6.45, 7) is 3.61. The third-order valence-electron chi connectivity index (χ3n) is 16.0. The summed E-state index contributed by atoms with van der Waals surface area (Å²) in [6, 6.07) is 80.1. The van der Waals surface area contributed by atoms with E-state index in [-0.39, 0.29) is 23.3 Å². The molecular weight excluding hydrogens is 1030 g/mol. The molecule has 1 fully saturated rings. The molecule has 12 nitrogen and oxygen atoms in total. The van der Waals surface area contributed by atoms with Gasteiger partial charge >= 0.3 is 0 Å². The Morgan fingerprint density at radius 1 is 0.301 bits per heavy atom. The van der Waals surface area contributed by atoms with Crippen molar-refractivity contribution in [3.63, 3.8) is 0 Å². The number of benzene rings is 8. The number of hydrogen-bond acceptors (Lipinski definition) is 8. The van der Waals surface area contributed by atoms with Crippen LogP contribution in [0.15, 0.2) is 243 Å². The second-order valence-electron chi connectivity index (χ2n) is 21.7. The van der Waals surface area contributed by atoms with Gasteiger partial charge < -0.3 is 38.0 Å². The Balaban J connectivity index is 1.17. The molecule has 0 spiro atoms. The van der Waals surface area contributed by atoms with E-state index in [1.165, 1.54) is 0 Å². The Labute approximate surface area is 482 Å². The van der Waals surface area contributed by atoms with Crippen molar-refractivity contribution in [3.8, 4) is 90.1 Å². The molecule has 12 heteroatoms. The van der Waals surface area contributed by atoms with Crippen molar-refractivity contribution in [2.24, 2.45) is 28.2 Å². The van der Waals surface area contributed by atoms with E-state index >= 15 is 10.2 Å². The molecule has 0 aliphatic carbocycles. The van der Waals surface area contributed by atoms with Crippen molar-refractivity contribution in [1.29, 1.82) is 0 Å². The van der Waals surface area contributed by atoms with Crippen molar-refractivity contribution in [1.82, 2.24) is 38.2 Å². The number of ether oxygens (including phenoxy) is 2. The maximum absolute atomic E-state index is 15.4. The standard InChI is InChI=1S/C71H62N8O4/c1-69(2)82-63(70(80,65-72-55(47-31-15-7-16-32-47)59(76(65)3)51-39-23-11-24-40-51)66-73-56(48-33-17-8-18-34-48)60(77(66)4)52-41-25-12-26-42-52)64(83-69)71(81,67-74-57(49-35-19-9-20-36-49)61(78(67)5)53-43-27-13-28-44-53)68-75-58(50-37-21-10-22-38-50)62(79(68)6)54-45-29-14-30-46-54/h7-46,63-64,80-81H,1-6H3/t63-,64-/m1/s1. The summed E-state index contributed by atoms with van der Waals surface area (Å²) in [7, 11) is 7.66. The summed E-state index contributed by atoms with van der Waals surface area (Å²) in [5.74, 6) is -0.748. The lowest BCUT2D eigenvalue weighted by Crippen LogP contribution is -2.57. The minimum atomic E-state index is -2.39. The van der Waals surface area contributed by atoms with Crippen LogP contribution in [0, 0.1) is 0 Å². The van der Waals surface area contributed by atoms with Crippen LogP contribution >= 0.6 is 0 Å². The molecule has 410 valence electrons. The zero-order valence-corrected chi connectivity index (χ0v) is 47.0. The smallest absolute Gasteiger partial charge is 0.209 e. The van der Waals surface area contributed by atoms with Gasteiger partial charge in [-0.2, -0.15) is 0 Å². The van der Waals surface area contributed by atoms with Gasteiger partial charge in [0.25, 0.3) is 0 Å². The third-order valence-corrected chi connectivity index (χ3v) is 16.0. The molecule has 0 bridgehead atoms. The average Bonchev–Trinajstić information content (AvgIpc) is 3.53. The maximum atomic E-state index is 15.4. The topological polar surface area (TPSA) is 130 Å². The number of imidazole rings is 4. The van der Waals surface area contributed by atoms with Gasteiger partial charge in [0.15, 0.2) is 29.1 Å². The molecule has 1 aliphatic heterocycles. The number of hydrogen-bond donors (Lipinski definition) is 2. The SMILES string of the molecule is Cn1c(C(O)(c2nc(-c3ccccc3)c(-c3ccccc3)n2C)[C@@H]2OC(C)(C)O[C@H]2C(O)(c2nc(-c3ccccc3)c(-c3ccccc3)n2C)c2nc(-c3ccccc3)c(-c3ccccc3)n2C)nc(-c2ccccc2)c1-c1ccccc1. The second-order valence-corrected chi connectivity index (χ2v) is 21.7. The highest BCUT2D eigenvalue weighted by Gasteiger charge is 2.67. The third kappa shape index (κ3) is 8.95. The molecule has 1 saturated heterocycles. The largest absolute Gasteiger partial charge is 0.372 e. The molecule has 0 unspecified atom stereocenters. The molecule has 2 atom stereocenters. The highest BCUT2D eigenvalue weighted by Crippen LogP contribution is 2.53. The van der Waals surface area contributed by atoms with Crippen molar-refractivity contribution in [2.45, 2.75) is 43.0 Å². The molecule has 5 heterocycles. The summed E-state index contributed by atoms with van der Waals surface area (Å²) in [4.78, 5) is 22.5. The van der Waals surface area contributed by atoms with Crippen LogP contribution < -0.4 is 0 Å². The van der Waals surface area contributed by atoms with Crippen LogP contribution in [0.4, 0.5) is 0 Å². The van der Waals surface area contributed by atoms with Crippen LogP contribution in [-0.4, -0.2) is 66.4 Å². The molecule has 2 N–H and O–H groups in total. The molecule has 13 rings (SSSR count). The predicted octanol–water partition coefficient (Wildman–Crippen LogP) is 13.6. The van der Waals surface area contributed by atoms with Crippen molar-refractivity contribution >= 4 is 0 Å². The quantitative estimate of drug-likeness (QED) is 0.110. The molecule has 0 amide bonds. The minimum Gasteiger partial charge on any atom is -0.372 e. The van der Waals surface area contributed by atoms with Crippen molar-refractivity contribution < 1.29 is 19.7 Å². The Kier molecular flexibility index (Phi) is 13.4. The summed E-state index contributed by atoms with van der Waals surface area (Å²) in [6.07, 6.45) is -3.09. The minimum absolute atomic E-state index is 0.186. The van der Waals surface area contributed by atoms with E-state index in [2.05, 4.69) is 0 Å². The highest BCUT2D eigenvalue weighted by molar-refractivity contribution is 5.83. The van der Waals surface area contributed by atoms with Crippen molar-refractivity contribution in [3.05, 3.63) is 266 Å². The molecule has 0 saturated carbocycles. The van der Waals surface area contributed by atoms with Gasteiger partial charge in [-0.25, -0.2) is 19.9 Å². The maximum Gasteiger partial charge on any atom is 0.209 e. The molecule has 12 aromatic rings. The summed E-state index contributed by atoms with van der Waals surface area (Å²) < 4.78 is 22.6. The average molecular weight is 1090 g/mol. The molecular formula is C71H62N8O4. The fourth-order valence-corrected chi connectivity index (χ4v) is 12.3. The fraction of sp³-hybridized carbons (Fsp3) is 0.155. The number of rotatable bonds is 14. The Bertz CT molecular complexity index is 3710. The second kappa shape index (κ2) is 21.1. The predicted molar refractivity (Wildman–Crippen MR) is 326 cm³/mol. The molecule has 83 heavy (non-hydrogen) atoms. The summed E-state index contributed by atoms with van der Waals surface area (Å²) >= 11 is 0. The summed E-state index contributed by atoms with van der Waals surface area (Å²) in [5.41, 5.74) is 7.41. The lowest BCUT2D eigenvalue weighted by atomic mass is 9.81. The molecule has 4 aromatic heterocycles. The van der Waals surface area contributed by atoms with Gasteiger partial charge in [-0.3, -0.25) is 0 Å². The van der Waals surface area contributed by atoms with E-state index in [1.807, 2.05) is 289 Å². The van der Waals surface area contributed by atoms with Crippen LogP contribution in [0.2, 0.25) is 0 Å². The van der Waals surface area contributed by atoms with Gasteiger partial charge in [0.2, 0.25) is 11.2 Å². The monoisotopic (exact) mass is 1090 g/mol. The van der Waals surface area contributed by atoms with E-state index in [0.29, 0.717) is 22.8 Å². The zero-order chi connectivity index (χ0) is 57.0. The molecule has 8 aromatic carbocycles. The molecule has 1 aliphatic rings. The number of aromatic nitrogens is 8. The Morgan fingerprint density at radius 3 is 0.651 bits per heavy atom. The van der Waals surface area contributed by atoms with Gasteiger partial charge in [0, 0.05) is 72.7 Å². The van der Waals surface area contributed by atoms with Gasteiger partial charge in [0.1, 0.15) is 12.2 Å². The highest BCUT2D eigenvalue weighted by atomic mass is 16.8. The normalized spacial score (nSPS) is 15.2. The van der Waals surface area contributed by atoms with Gasteiger partial charge in [0.05, 0.1) is 45.6 Å². The zero-order valence-electron chi connectivity index (χ0n) is 47.0. The number of nitrogens with zero attached hydrogens (tertiary/aromatic N) is 8. The van der Waals surface area contributed by atoms with E-state index in [9.17, 15) is 0 Å².